The maximum absolute atomic E-state index is 12.5. The quantitative estimate of drug-likeness (QED) is 0.156. The number of carboxylic acid groups (broad SMARTS) is 2. The number of cyclic esters (lactones) is 1. The second kappa shape index (κ2) is 14.2. The Morgan fingerprint density at radius 1 is 1.08 bits per heavy atom. The Balaban J connectivity index is 0.00000533. The summed E-state index contributed by atoms with van der Waals surface area (Å²) >= 11 is 0. The van der Waals surface area contributed by atoms with Crippen LogP contribution in [0.1, 0.15) is 65.2 Å². The van der Waals surface area contributed by atoms with Gasteiger partial charge < -0.3 is 24.4 Å². The summed E-state index contributed by atoms with van der Waals surface area (Å²) in [5.74, 6) is -4.05. The van der Waals surface area contributed by atoms with Crippen molar-refractivity contribution in [3.05, 3.63) is 36.0 Å². The summed E-state index contributed by atoms with van der Waals surface area (Å²) in [5.41, 5.74) is 0.328. The van der Waals surface area contributed by atoms with Gasteiger partial charge in [0.25, 0.3) is 0 Å². The molecule has 208 valence electrons. The summed E-state index contributed by atoms with van der Waals surface area (Å²) < 4.78 is 16.4. The standard InChI is InChI=1S/C28H36O10.K/c1-17-4-7-20-27(2,19(17)6-5-18-13-15-36-26(18)35)14-12-21(38-25(34)11-9-23(31)32)28(20,3)16-37-24(33)10-8-22(29)30;/h5-6,13,19-21H,1,4,7-12,14-16H2,2-3H3,(H,29,30)(H,31,32);/q;+1/b6-5+;. The van der Waals surface area contributed by atoms with Crippen molar-refractivity contribution >= 4 is 29.8 Å². The Kier molecular flexibility index (Phi) is 12.2. The number of hydrogen-bond acceptors (Lipinski definition) is 8. The minimum absolute atomic E-state index is 0. The van der Waals surface area contributed by atoms with Crippen molar-refractivity contribution in [2.45, 2.75) is 71.3 Å². The number of esters is 3. The van der Waals surface area contributed by atoms with E-state index in [4.69, 9.17) is 24.4 Å². The van der Waals surface area contributed by atoms with Crippen molar-refractivity contribution < 1.29 is 99.8 Å². The maximum Gasteiger partial charge on any atom is 1.00 e. The van der Waals surface area contributed by atoms with Crippen molar-refractivity contribution in [2.75, 3.05) is 13.2 Å². The minimum Gasteiger partial charge on any atom is -0.481 e. The van der Waals surface area contributed by atoms with E-state index in [-0.39, 0.29) is 114 Å². The van der Waals surface area contributed by atoms with E-state index < -0.39 is 35.4 Å². The summed E-state index contributed by atoms with van der Waals surface area (Å²) in [4.78, 5) is 58.6. The zero-order valence-electron chi connectivity index (χ0n) is 22.9. The number of carbonyl (C=O) groups excluding carboxylic acids is 3. The number of fused-ring (bicyclic) bond motifs is 1. The molecule has 5 atom stereocenters. The number of aliphatic carboxylic acids is 2. The zero-order chi connectivity index (χ0) is 28.1. The van der Waals surface area contributed by atoms with Crippen LogP contribution in [0.4, 0.5) is 0 Å². The van der Waals surface area contributed by atoms with Crippen LogP contribution >= 0.6 is 0 Å². The number of hydrogen-bond donors (Lipinski definition) is 2. The summed E-state index contributed by atoms with van der Waals surface area (Å²) in [6.45, 7) is 8.49. The molecule has 2 aliphatic carbocycles. The molecule has 5 unspecified atom stereocenters. The second-order valence-electron chi connectivity index (χ2n) is 10.8. The fourth-order valence-electron chi connectivity index (χ4n) is 6.30. The van der Waals surface area contributed by atoms with Crippen molar-refractivity contribution in [3.8, 4) is 0 Å². The molecular formula is C28H36KO10+. The number of carbonyl (C=O) groups is 5. The summed E-state index contributed by atoms with van der Waals surface area (Å²) in [6, 6.07) is 0. The topological polar surface area (TPSA) is 154 Å². The van der Waals surface area contributed by atoms with Crippen LogP contribution in [0.3, 0.4) is 0 Å². The van der Waals surface area contributed by atoms with Crippen LogP contribution in [0, 0.1) is 22.7 Å². The fraction of sp³-hybridized carbons (Fsp3) is 0.607. The molecule has 39 heavy (non-hydrogen) atoms. The third kappa shape index (κ3) is 8.13. The Morgan fingerprint density at radius 2 is 1.72 bits per heavy atom. The second-order valence-corrected chi connectivity index (χ2v) is 10.8. The van der Waals surface area contributed by atoms with Crippen molar-refractivity contribution in [1.82, 2.24) is 0 Å². The van der Waals surface area contributed by atoms with Gasteiger partial charge in [0, 0.05) is 11.3 Å². The predicted molar refractivity (Wildman–Crippen MR) is 134 cm³/mol. The average molecular weight is 572 g/mol. The Morgan fingerprint density at radius 3 is 2.31 bits per heavy atom. The van der Waals surface area contributed by atoms with Crippen LogP contribution in [0.15, 0.2) is 36.0 Å². The van der Waals surface area contributed by atoms with E-state index in [1.807, 2.05) is 13.0 Å². The molecule has 11 heteroatoms. The van der Waals surface area contributed by atoms with Crippen LogP contribution in [-0.2, 0) is 38.2 Å². The summed E-state index contributed by atoms with van der Waals surface area (Å²) in [5, 5.41) is 17.8. The number of carboxylic acids is 2. The first-order valence-corrected chi connectivity index (χ1v) is 12.9. The molecule has 0 amide bonds. The molecule has 1 aliphatic heterocycles. The van der Waals surface area contributed by atoms with Gasteiger partial charge in [-0.25, -0.2) is 4.79 Å². The van der Waals surface area contributed by atoms with Gasteiger partial charge >= 0.3 is 81.2 Å². The van der Waals surface area contributed by atoms with Gasteiger partial charge in [0.15, 0.2) is 0 Å². The van der Waals surface area contributed by atoms with Crippen LogP contribution in [0.25, 0.3) is 0 Å². The van der Waals surface area contributed by atoms with E-state index >= 15 is 0 Å². The van der Waals surface area contributed by atoms with E-state index in [1.54, 1.807) is 12.2 Å². The molecule has 10 nitrogen and oxygen atoms in total. The normalized spacial score (nSPS) is 30.0. The number of ether oxygens (including phenoxy) is 3. The van der Waals surface area contributed by atoms with Crippen molar-refractivity contribution in [2.24, 2.45) is 22.7 Å². The molecule has 1 heterocycles. The van der Waals surface area contributed by atoms with E-state index in [1.165, 1.54) is 0 Å². The first kappa shape index (κ1) is 33.4. The van der Waals surface area contributed by atoms with Gasteiger partial charge in [0.05, 0.1) is 31.3 Å². The van der Waals surface area contributed by atoms with E-state index in [2.05, 4.69) is 13.5 Å². The average Bonchev–Trinajstić information content (AvgIpc) is 3.26. The molecule has 0 spiro atoms. The third-order valence-electron chi connectivity index (χ3n) is 8.30. The molecule has 2 saturated carbocycles. The Labute approximate surface area is 270 Å². The van der Waals surface area contributed by atoms with Gasteiger partial charge in [-0.05, 0) is 43.1 Å². The summed E-state index contributed by atoms with van der Waals surface area (Å²) in [7, 11) is 0. The molecule has 0 aromatic carbocycles. The Hall–Kier alpha value is -1.79. The van der Waals surface area contributed by atoms with Gasteiger partial charge in [0.1, 0.15) is 19.3 Å². The molecule has 0 aromatic heterocycles. The van der Waals surface area contributed by atoms with Gasteiger partial charge in [-0.3, -0.25) is 19.2 Å². The van der Waals surface area contributed by atoms with Crippen LogP contribution < -0.4 is 51.4 Å². The third-order valence-corrected chi connectivity index (χ3v) is 8.30. The Bertz CT molecular complexity index is 1060. The molecule has 2 fully saturated rings. The molecule has 0 saturated heterocycles. The van der Waals surface area contributed by atoms with Crippen molar-refractivity contribution in [1.29, 1.82) is 0 Å². The van der Waals surface area contributed by atoms with Gasteiger partial charge in [-0.15, -0.1) is 0 Å². The number of allylic oxidation sites excluding steroid dienone is 2. The molecule has 3 rings (SSSR count). The first-order valence-electron chi connectivity index (χ1n) is 12.9. The molecular weight excluding hydrogens is 535 g/mol. The SMILES string of the molecule is C=C1CCC2C(C)(COC(=O)CCC(=O)O)C(OC(=O)CCC(=O)O)CCC2(C)C1/C=C/C1=CCOC1=O.[K+]. The largest absolute Gasteiger partial charge is 1.00 e. The van der Waals surface area contributed by atoms with Gasteiger partial charge in [-0.2, -0.15) is 0 Å². The van der Waals surface area contributed by atoms with Crippen molar-refractivity contribution in [3.63, 3.8) is 0 Å². The van der Waals surface area contributed by atoms with E-state index in [0.717, 1.165) is 5.57 Å². The zero-order valence-corrected chi connectivity index (χ0v) is 26.0. The minimum atomic E-state index is -1.11. The summed E-state index contributed by atoms with van der Waals surface area (Å²) in [6.07, 6.45) is 6.10. The molecule has 2 N–H and O–H groups in total. The van der Waals surface area contributed by atoms with E-state index in [9.17, 15) is 24.0 Å². The van der Waals surface area contributed by atoms with Crippen LogP contribution in [0.5, 0.6) is 0 Å². The predicted octanol–water partition coefficient (Wildman–Crippen LogP) is 0.603. The van der Waals surface area contributed by atoms with Crippen LogP contribution in [0.2, 0.25) is 0 Å². The van der Waals surface area contributed by atoms with Crippen LogP contribution in [-0.4, -0.2) is 59.4 Å². The van der Waals surface area contributed by atoms with E-state index in [0.29, 0.717) is 31.3 Å². The molecule has 3 aliphatic rings. The molecule has 0 aromatic rings. The van der Waals surface area contributed by atoms with Gasteiger partial charge in [0.2, 0.25) is 0 Å². The fourth-order valence-corrected chi connectivity index (χ4v) is 6.30. The monoisotopic (exact) mass is 571 g/mol. The molecule has 0 bridgehead atoms. The number of rotatable bonds is 11. The van der Waals surface area contributed by atoms with Gasteiger partial charge in [-0.1, -0.05) is 38.2 Å². The first-order chi connectivity index (χ1) is 17.9. The molecule has 0 radical (unpaired) electrons. The smallest absolute Gasteiger partial charge is 0.481 e. The maximum atomic E-state index is 12.5.